The zero-order chi connectivity index (χ0) is 20.4. The van der Waals surface area contributed by atoms with Crippen LogP contribution in [0.3, 0.4) is 0 Å². The van der Waals surface area contributed by atoms with Gasteiger partial charge in [-0.1, -0.05) is 42.5 Å². The molecule has 0 atom stereocenters. The van der Waals surface area contributed by atoms with Crippen molar-refractivity contribution in [2.75, 3.05) is 20.8 Å². The van der Waals surface area contributed by atoms with Gasteiger partial charge in [-0.25, -0.2) is 0 Å². The molecule has 2 rings (SSSR count). The van der Waals surface area contributed by atoms with E-state index in [0.717, 1.165) is 11.1 Å². The molecule has 6 heteroatoms. The van der Waals surface area contributed by atoms with Crippen LogP contribution in [-0.2, 0) is 16.1 Å². The van der Waals surface area contributed by atoms with E-state index in [2.05, 4.69) is 0 Å². The van der Waals surface area contributed by atoms with E-state index in [1.807, 2.05) is 42.5 Å². The molecule has 0 heterocycles. The second-order valence-electron chi connectivity index (χ2n) is 6.22. The monoisotopic (exact) mass is 383 g/mol. The van der Waals surface area contributed by atoms with Crippen LogP contribution >= 0.6 is 0 Å². The Balaban J connectivity index is 2.03. The van der Waals surface area contributed by atoms with Crippen molar-refractivity contribution in [2.45, 2.75) is 19.4 Å². The number of amides is 1. The largest absolute Gasteiger partial charge is 0.497 e. The predicted octanol–water partition coefficient (Wildman–Crippen LogP) is 3.61. The quantitative estimate of drug-likeness (QED) is 0.678. The van der Waals surface area contributed by atoms with Crippen molar-refractivity contribution in [3.8, 4) is 11.5 Å². The molecule has 0 bridgehead atoms. The van der Waals surface area contributed by atoms with Gasteiger partial charge in [-0.3, -0.25) is 9.59 Å². The molecule has 1 N–H and O–H groups in total. The molecule has 28 heavy (non-hydrogen) atoms. The van der Waals surface area contributed by atoms with Gasteiger partial charge in [-0.05, 0) is 29.7 Å². The van der Waals surface area contributed by atoms with E-state index < -0.39 is 5.97 Å². The second-order valence-corrected chi connectivity index (χ2v) is 6.22. The maximum atomic E-state index is 12.6. The summed E-state index contributed by atoms with van der Waals surface area (Å²) in [6, 6.07) is 15.0. The first-order chi connectivity index (χ1) is 13.5. The second kappa shape index (κ2) is 10.8. The molecular weight excluding hydrogens is 358 g/mol. The van der Waals surface area contributed by atoms with Crippen molar-refractivity contribution in [2.24, 2.45) is 0 Å². The number of carboxylic acid groups (broad SMARTS) is 1. The van der Waals surface area contributed by atoms with Gasteiger partial charge >= 0.3 is 5.97 Å². The molecule has 6 nitrogen and oxygen atoms in total. The fourth-order valence-corrected chi connectivity index (χ4v) is 2.72. The zero-order valence-corrected chi connectivity index (χ0v) is 16.1. The van der Waals surface area contributed by atoms with Gasteiger partial charge in [-0.15, -0.1) is 0 Å². The minimum absolute atomic E-state index is 0.168. The number of rotatable bonds is 10. The summed E-state index contributed by atoms with van der Waals surface area (Å²) in [5.41, 5.74) is 1.80. The van der Waals surface area contributed by atoms with Gasteiger partial charge in [0.2, 0.25) is 5.91 Å². The van der Waals surface area contributed by atoms with E-state index in [1.165, 1.54) is 19.1 Å². The SMILES string of the molecule is COc1cc(CN(CC(=O)O)C(=O)CC/C=C/c2ccccc2)cc(OC)c1. The van der Waals surface area contributed by atoms with Crippen LogP contribution in [0.4, 0.5) is 0 Å². The minimum atomic E-state index is -1.05. The summed E-state index contributed by atoms with van der Waals surface area (Å²) in [5, 5.41) is 9.18. The van der Waals surface area contributed by atoms with Crippen molar-refractivity contribution >= 4 is 18.0 Å². The van der Waals surface area contributed by atoms with Crippen LogP contribution in [-0.4, -0.2) is 42.6 Å². The van der Waals surface area contributed by atoms with Crippen molar-refractivity contribution in [3.05, 3.63) is 65.7 Å². The van der Waals surface area contributed by atoms with Gasteiger partial charge in [0, 0.05) is 19.0 Å². The molecule has 0 aliphatic rings. The van der Waals surface area contributed by atoms with E-state index in [-0.39, 0.29) is 25.4 Å². The molecule has 0 spiro atoms. The average molecular weight is 383 g/mol. The van der Waals surface area contributed by atoms with E-state index >= 15 is 0 Å². The Labute approximate surface area is 165 Å². The smallest absolute Gasteiger partial charge is 0.323 e. The topological polar surface area (TPSA) is 76.1 Å². The number of carbonyl (C=O) groups is 2. The number of allylic oxidation sites excluding steroid dienone is 1. The van der Waals surface area contributed by atoms with Crippen LogP contribution in [0.5, 0.6) is 11.5 Å². The average Bonchev–Trinajstić information content (AvgIpc) is 2.70. The van der Waals surface area contributed by atoms with E-state index in [4.69, 9.17) is 9.47 Å². The first-order valence-corrected chi connectivity index (χ1v) is 8.95. The summed E-state index contributed by atoms with van der Waals surface area (Å²) in [4.78, 5) is 25.1. The number of methoxy groups -OCH3 is 2. The lowest BCUT2D eigenvalue weighted by molar-refractivity contribution is -0.144. The van der Waals surface area contributed by atoms with Crippen LogP contribution < -0.4 is 9.47 Å². The molecular formula is C22H25NO5. The summed E-state index contributed by atoms with van der Waals surface area (Å²) < 4.78 is 10.5. The number of hydrogen-bond donors (Lipinski definition) is 1. The third-order valence-electron chi connectivity index (χ3n) is 4.10. The molecule has 2 aromatic rings. The Morgan fingerprint density at radius 2 is 1.68 bits per heavy atom. The number of carbonyl (C=O) groups excluding carboxylic acids is 1. The van der Waals surface area contributed by atoms with Gasteiger partial charge in [0.15, 0.2) is 0 Å². The highest BCUT2D eigenvalue weighted by atomic mass is 16.5. The van der Waals surface area contributed by atoms with Gasteiger partial charge in [-0.2, -0.15) is 0 Å². The Morgan fingerprint density at radius 3 is 2.25 bits per heavy atom. The standard InChI is InChI=1S/C22H25NO5/c1-27-19-12-18(13-20(14-19)28-2)15-23(16-22(25)26)21(24)11-7-6-10-17-8-4-3-5-9-17/h3-6,8-10,12-14H,7,11,15-16H2,1-2H3,(H,25,26)/b10-6+. The molecule has 0 radical (unpaired) electrons. The third kappa shape index (κ3) is 6.79. The summed E-state index contributed by atoms with van der Waals surface area (Å²) in [6.07, 6.45) is 4.63. The zero-order valence-electron chi connectivity index (χ0n) is 16.1. The normalized spacial score (nSPS) is 10.6. The minimum Gasteiger partial charge on any atom is -0.497 e. The van der Waals surface area contributed by atoms with Crippen molar-refractivity contribution in [1.29, 1.82) is 0 Å². The van der Waals surface area contributed by atoms with Crippen molar-refractivity contribution in [1.82, 2.24) is 4.90 Å². The lowest BCUT2D eigenvalue weighted by atomic mass is 10.1. The maximum Gasteiger partial charge on any atom is 0.323 e. The molecule has 0 unspecified atom stereocenters. The van der Waals surface area contributed by atoms with Gasteiger partial charge in [0.1, 0.15) is 18.0 Å². The highest BCUT2D eigenvalue weighted by Gasteiger charge is 2.17. The molecule has 0 fully saturated rings. The number of ether oxygens (including phenoxy) is 2. The van der Waals surface area contributed by atoms with Crippen LogP contribution in [0, 0.1) is 0 Å². The number of nitrogens with zero attached hydrogens (tertiary/aromatic N) is 1. The van der Waals surface area contributed by atoms with E-state index in [0.29, 0.717) is 17.9 Å². The maximum absolute atomic E-state index is 12.6. The molecule has 0 aliphatic carbocycles. The van der Waals surface area contributed by atoms with Gasteiger partial charge in [0.05, 0.1) is 14.2 Å². The molecule has 0 aromatic heterocycles. The Hall–Kier alpha value is -3.28. The van der Waals surface area contributed by atoms with Crippen LogP contribution in [0.2, 0.25) is 0 Å². The summed E-state index contributed by atoms with van der Waals surface area (Å²) in [7, 11) is 3.08. The molecule has 0 saturated heterocycles. The van der Waals surface area contributed by atoms with Crippen LogP contribution in [0.25, 0.3) is 6.08 Å². The fourth-order valence-electron chi connectivity index (χ4n) is 2.72. The summed E-state index contributed by atoms with van der Waals surface area (Å²) in [5.74, 6) is -0.101. The molecule has 2 aromatic carbocycles. The molecule has 1 amide bonds. The summed E-state index contributed by atoms with van der Waals surface area (Å²) in [6.45, 7) is -0.193. The molecule has 148 valence electrons. The summed E-state index contributed by atoms with van der Waals surface area (Å²) >= 11 is 0. The first-order valence-electron chi connectivity index (χ1n) is 8.95. The van der Waals surface area contributed by atoms with E-state index in [1.54, 1.807) is 18.2 Å². The Bertz CT molecular complexity index is 795. The fraction of sp³-hybridized carbons (Fsp3) is 0.273. The number of aliphatic carboxylic acids is 1. The third-order valence-corrected chi connectivity index (χ3v) is 4.10. The number of benzene rings is 2. The lowest BCUT2D eigenvalue weighted by Crippen LogP contribution is -2.35. The highest BCUT2D eigenvalue weighted by molar-refractivity contribution is 5.81. The van der Waals surface area contributed by atoms with Crippen LogP contribution in [0.15, 0.2) is 54.6 Å². The first kappa shape index (κ1) is 21.0. The van der Waals surface area contributed by atoms with Crippen LogP contribution in [0.1, 0.15) is 24.0 Å². The van der Waals surface area contributed by atoms with Gasteiger partial charge in [0.25, 0.3) is 0 Å². The number of hydrogen-bond acceptors (Lipinski definition) is 4. The van der Waals surface area contributed by atoms with Gasteiger partial charge < -0.3 is 19.5 Å². The lowest BCUT2D eigenvalue weighted by Gasteiger charge is -2.21. The molecule has 0 aliphatic heterocycles. The predicted molar refractivity (Wildman–Crippen MR) is 107 cm³/mol. The van der Waals surface area contributed by atoms with Crippen molar-refractivity contribution < 1.29 is 24.2 Å². The highest BCUT2D eigenvalue weighted by Crippen LogP contribution is 2.23. The van der Waals surface area contributed by atoms with Crippen molar-refractivity contribution in [3.63, 3.8) is 0 Å². The number of carboxylic acids is 1. The Morgan fingerprint density at radius 1 is 1.04 bits per heavy atom. The Kier molecular flexibility index (Phi) is 8.09. The van der Waals surface area contributed by atoms with E-state index in [9.17, 15) is 14.7 Å². The molecule has 0 saturated carbocycles.